The third kappa shape index (κ3) is 3.80. The third-order valence-electron chi connectivity index (χ3n) is 4.61. The van der Waals surface area contributed by atoms with E-state index in [1.807, 2.05) is 0 Å². The zero-order chi connectivity index (χ0) is 19.4. The second-order valence-corrected chi connectivity index (χ2v) is 6.95. The first-order chi connectivity index (χ1) is 11.1. The molecule has 1 aromatic carbocycles. The summed E-state index contributed by atoms with van der Waals surface area (Å²) in [4.78, 5) is 0. The Hall–Kier alpha value is -1.26. The highest BCUT2D eigenvalue weighted by molar-refractivity contribution is 6.47. The molecule has 1 fully saturated rings. The van der Waals surface area contributed by atoms with Gasteiger partial charge in [0.05, 0.1) is 28.3 Å². The topological polar surface area (TPSA) is 44.5 Å². The van der Waals surface area contributed by atoms with Crippen molar-refractivity contribution in [3.63, 3.8) is 0 Å². The fraction of sp³-hybridized carbons (Fsp3) is 0.600. The minimum Gasteiger partial charge on any atom is -0.402 e. The molecule has 1 heterocycles. The summed E-state index contributed by atoms with van der Waals surface area (Å²) in [6.45, 7) is 6.65. The van der Waals surface area contributed by atoms with Crippen molar-refractivity contribution < 1.29 is 35.7 Å². The van der Waals surface area contributed by atoms with E-state index in [4.69, 9.17) is 15.0 Å². The Balaban J connectivity index is 2.49. The SMILES string of the molecule is CC1(C)OB([C@@H](N)c2cc(C(F)(F)F)ccc2C(F)(F)F)OC1(C)C. The Bertz CT molecular complexity index is 640. The van der Waals surface area contributed by atoms with Crippen molar-refractivity contribution in [2.45, 2.75) is 57.2 Å². The van der Waals surface area contributed by atoms with Gasteiger partial charge in [0.2, 0.25) is 0 Å². The number of benzene rings is 1. The Morgan fingerprint density at radius 1 is 0.920 bits per heavy atom. The first-order valence-electron chi connectivity index (χ1n) is 7.46. The van der Waals surface area contributed by atoms with Crippen molar-refractivity contribution in [3.8, 4) is 0 Å². The minimum absolute atomic E-state index is 0.378. The van der Waals surface area contributed by atoms with Gasteiger partial charge in [-0.05, 0) is 51.5 Å². The summed E-state index contributed by atoms with van der Waals surface area (Å²) in [5.41, 5.74) is 0.887. The molecular weight excluding hydrogens is 351 g/mol. The van der Waals surface area contributed by atoms with Gasteiger partial charge in [-0.2, -0.15) is 26.3 Å². The first-order valence-corrected chi connectivity index (χ1v) is 7.46. The summed E-state index contributed by atoms with van der Waals surface area (Å²) >= 11 is 0. The Morgan fingerprint density at radius 2 is 1.40 bits per heavy atom. The highest BCUT2D eigenvalue weighted by atomic mass is 19.4. The predicted octanol–water partition coefficient (Wildman–Crippen LogP) is 4.36. The summed E-state index contributed by atoms with van der Waals surface area (Å²) in [7, 11) is -1.31. The molecular formula is C15H18BF6NO2. The number of halogens is 6. The van der Waals surface area contributed by atoms with E-state index in [2.05, 4.69) is 0 Å². The lowest BCUT2D eigenvalue weighted by molar-refractivity contribution is -0.141. The molecule has 1 saturated heterocycles. The van der Waals surface area contributed by atoms with E-state index in [0.29, 0.717) is 18.2 Å². The molecule has 1 atom stereocenters. The standard InChI is InChI=1S/C15H18BF6NO2/c1-12(2)13(3,4)25-16(24-12)11(23)9-7-8(14(17,18)19)5-6-10(9)15(20,21)22/h5-7,11H,23H2,1-4H3/t11-/m0/s1. The molecule has 140 valence electrons. The van der Waals surface area contributed by atoms with E-state index in [9.17, 15) is 26.3 Å². The van der Waals surface area contributed by atoms with Crippen LogP contribution in [-0.4, -0.2) is 18.3 Å². The maximum Gasteiger partial charge on any atom is 0.480 e. The normalized spacial score (nSPS) is 21.5. The van der Waals surface area contributed by atoms with Crippen LogP contribution in [0, 0.1) is 0 Å². The lowest BCUT2D eigenvalue weighted by atomic mass is 9.73. The number of nitrogens with two attached hydrogens (primary N) is 1. The second kappa shape index (κ2) is 5.89. The van der Waals surface area contributed by atoms with Gasteiger partial charge in [-0.25, -0.2) is 0 Å². The summed E-state index contributed by atoms with van der Waals surface area (Å²) in [6.07, 6.45) is -9.66. The van der Waals surface area contributed by atoms with Crippen molar-refractivity contribution in [3.05, 3.63) is 34.9 Å². The molecule has 0 amide bonds. The number of rotatable bonds is 2. The molecule has 0 saturated carbocycles. The maximum atomic E-state index is 13.2. The Kier molecular flexibility index (Phi) is 4.72. The quantitative estimate of drug-likeness (QED) is 0.623. The van der Waals surface area contributed by atoms with Crippen LogP contribution in [0.4, 0.5) is 26.3 Å². The number of hydrogen-bond acceptors (Lipinski definition) is 3. The largest absolute Gasteiger partial charge is 0.480 e. The van der Waals surface area contributed by atoms with Gasteiger partial charge < -0.3 is 15.0 Å². The Morgan fingerprint density at radius 3 is 1.80 bits per heavy atom. The monoisotopic (exact) mass is 369 g/mol. The number of hydrogen-bond donors (Lipinski definition) is 1. The van der Waals surface area contributed by atoms with Crippen LogP contribution in [0.3, 0.4) is 0 Å². The molecule has 0 bridgehead atoms. The highest BCUT2D eigenvalue weighted by Gasteiger charge is 2.54. The fourth-order valence-corrected chi connectivity index (χ4v) is 2.45. The summed E-state index contributed by atoms with van der Waals surface area (Å²) in [5.74, 6) is -1.54. The maximum absolute atomic E-state index is 13.2. The van der Waals surface area contributed by atoms with Crippen LogP contribution in [0.2, 0.25) is 0 Å². The van der Waals surface area contributed by atoms with Gasteiger partial charge in [0.15, 0.2) is 0 Å². The van der Waals surface area contributed by atoms with Gasteiger partial charge in [-0.3, -0.25) is 0 Å². The molecule has 0 radical (unpaired) electrons. The van der Waals surface area contributed by atoms with E-state index >= 15 is 0 Å². The first kappa shape index (κ1) is 20.1. The lowest BCUT2D eigenvalue weighted by Gasteiger charge is -2.32. The third-order valence-corrected chi connectivity index (χ3v) is 4.61. The lowest BCUT2D eigenvalue weighted by Crippen LogP contribution is -2.41. The van der Waals surface area contributed by atoms with Crippen LogP contribution in [0.1, 0.15) is 50.3 Å². The molecule has 0 unspecified atom stereocenters. The van der Waals surface area contributed by atoms with Crippen LogP contribution >= 0.6 is 0 Å². The molecule has 10 heteroatoms. The van der Waals surface area contributed by atoms with E-state index < -0.39 is 53.3 Å². The van der Waals surface area contributed by atoms with Gasteiger partial charge >= 0.3 is 19.5 Å². The summed E-state index contributed by atoms with van der Waals surface area (Å²) < 4.78 is 89.5. The second-order valence-electron chi connectivity index (χ2n) is 6.95. The molecule has 1 aliphatic rings. The zero-order valence-electron chi connectivity index (χ0n) is 14.0. The molecule has 25 heavy (non-hydrogen) atoms. The van der Waals surface area contributed by atoms with Gasteiger partial charge in [0.1, 0.15) is 0 Å². The fourth-order valence-electron chi connectivity index (χ4n) is 2.45. The van der Waals surface area contributed by atoms with Crippen LogP contribution in [0.5, 0.6) is 0 Å². The smallest absolute Gasteiger partial charge is 0.402 e. The van der Waals surface area contributed by atoms with Crippen molar-refractivity contribution in [1.82, 2.24) is 0 Å². The van der Waals surface area contributed by atoms with Crippen LogP contribution < -0.4 is 5.73 Å². The van der Waals surface area contributed by atoms with Gasteiger partial charge in [-0.1, -0.05) is 0 Å². The highest BCUT2D eigenvalue weighted by Crippen LogP contribution is 2.43. The molecule has 1 aromatic rings. The van der Waals surface area contributed by atoms with Gasteiger partial charge in [0.25, 0.3) is 0 Å². The number of alkyl halides is 6. The van der Waals surface area contributed by atoms with Gasteiger partial charge in [-0.15, -0.1) is 0 Å². The predicted molar refractivity (Wildman–Crippen MR) is 79.5 cm³/mol. The van der Waals surface area contributed by atoms with Gasteiger partial charge in [0, 0.05) is 0 Å². The van der Waals surface area contributed by atoms with Crippen molar-refractivity contribution in [2.75, 3.05) is 0 Å². The average molecular weight is 369 g/mol. The van der Waals surface area contributed by atoms with Crippen molar-refractivity contribution in [2.24, 2.45) is 5.73 Å². The molecule has 3 nitrogen and oxygen atoms in total. The summed E-state index contributed by atoms with van der Waals surface area (Å²) in [6, 6.07) is 1.16. The molecule has 1 aliphatic heterocycles. The molecule has 0 aromatic heterocycles. The minimum atomic E-state index is -4.86. The van der Waals surface area contributed by atoms with Crippen LogP contribution in [-0.2, 0) is 21.7 Å². The van der Waals surface area contributed by atoms with E-state index in [0.717, 1.165) is 0 Å². The van der Waals surface area contributed by atoms with Crippen LogP contribution in [0.25, 0.3) is 0 Å². The van der Waals surface area contributed by atoms with E-state index in [1.165, 1.54) is 0 Å². The van der Waals surface area contributed by atoms with Crippen LogP contribution in [0.15, 0.2) is 18.2 Å². The van der Waals surface area contributed by atoms with E-state index in [1.54, 1.807) is 27.7 Å². The zero-order valence-corrected chi connectivity index (χ0v) is 14.0. The Labute approximate surface area is 141 Å². The van der Waals surface area contributed by atoms with Crippen molar-refractivity contribution >= 4 is 7.12 Å². The van der Waals surface area contributed by atoms with E-state index in [-0.39, 0.29) is 0 Å². The molecule has 2 N–H and O–H groups in total. The summed E-state index contributed by atoms with van der Waals surface area (Å²) in [5, 5.41) is 0. The molecule has 2 rings (SSSR count). The average Bonchev–Trinajstić information content (AvgIpc) is 2.64. The van der Waals surface area contributed by atoms with Crippen molar-refractivity contribution in [1.29, 1.82) is 0 Å². The molecule has 0 aliphatic carbocycles. The molecule has 0 spiro atoms.